The lowest BCUT2D eigenvalue weighted by atomic mass is 9.97. The van der Waals surface area contributed by atoms with Gasteiger partial charge in [0.1, 0.15) is 61.0 Å². The minimum Gasteiger partial charge on any atom is -0.388 e. The molecule has 3 saturated heterocycles. The first-order valence-electron chi connectivity index (χ1n) is 12.8. The molecule has 3 aliphatic heterocycles. The summed E-state index contributed by atoms with van der Waals surface area (Å²) >= 11 is 0. The van der Waals surface area contributed by atoms with E-state index in [0.29, 0.717) is 0 Å². The molecule has 0 saturated carbocycles. The summed E-state index contributed by atoms with van der Waals surface area (Å²) in [5.74, 6) is 0. The fourth-order valence-electron chi connectivity index (χ4n) is 4.72. The van der Waals surface area contributed by atoms with Crippen LogP contribution in [0.15, 0.2) is 30.3 Å². The molecule has 0 unspecified atom stereocenters. The molecule has 3 heterocycles. The first-order chi connectivity index (χ1) is 18.5. The number of aliphatic hydroxyl groups excluding tert-OH is 8. The van der Waals surface area contributed by atoms with Crippen molar-refractivity contribution in [2.45, 2.75) is 113 Å². The monoisotopic (exact) mass is 562 g/mol. The van der Waals surface area contributed by atoms with Crippen molar-refractivity contribution in [3.8, 4) is 0 Å². The number of hydrogen-bond acceptors (Lipinski definition) is 14. The molecule has 222 valence electrons. The lowest BCUT2D eigenvalue weighted by Gasteiger charge is -2.46. The molecule has 39 heavy (non-hydrogen) atoms. The fraction of sp³-hybridized carbons (Fsp3) is 0.760. The van der Waals surface area contributed by atoms with Gasteiger partial charge in [-0.25, -0.2) is 0 Å². The average molecular weight is 563 g/mol. The highest BCUT2D eigenvalue weighted by Crippen LogP contribution is 2.31. The van der Waals surface area contributed by atoms with Crippen LogP contribution in [-0.2, 0) is 35.0 Å². The lowest BCUT2D eigenvalue weighted by molar-refractivity contribution is -0.365. The second kappa shape index (κ2) is 13.1. The van der Waals surface area contributed by atoms with Crippen molar-refractivity contribution in [2.75, 3.05) is 6.61 Å². The Morgan fingerprint density at radius 3 is 1.72 bits per heavy atom. The molecule has 0 radical (unpaired) electrons. The van der Waals surface area contributed by atoms with E-state index in [0.717, 1.165) is 5.56 Å². The molecule has 14 heteroatoms. The Morgan fingerprint density at radius 2 is 1.10 bits per heavy atom. The van der Waals surface area contributed by atoms with E-state index in [4.69, 9.17) is 28.4 Å². The first kappa shape index (κ1) is 30.6. The van der Waals surface area contributed by atoms with E-state index in [2.05, 4.69) is 0 Å². The molecule has 4 rings (SSSR count). The second-order valence-electron chi connectivity index (χ2n) is 10.1. The van der Waals surface area contributed by atoms with E-state index in [1.54, 1.807) is 24.3 Å². The summed E-state index contributed by atoms with van der Waals surface area (Å²) < 4.78 is 33.9. The Hall–Kier alpha value is -1.34. The summed E-state index contributed by atoms with van der Waals surface area (Å²) in [5, 5.41) is 82.6. The highest BCUT2D eigenvalue weighted by Gasteiger charge is 2.51. The molecule has 1 aromatic rings. The molecule has 1 aromatic carbocycles. The molecule has 0 aliphatic carbocycles. The van der Waals surface area contributed by atoms with Crippen LogP contribution in [0.4, 0.5) is 0 Å². The van der Waals surface area contributed by atoms with Crippen LogP contribution in [0.25, 0.3) is 0 Å². The van der Waals surface area contributed by atoms with Crippen LogP contribution in [0.1, 0.15) is 19.4 Å². The molecular formula is C25H38O14. The summed E-state index contributed by atoms with van der Waals surface area (Å²) in [7, 11) is 0. The number of rotatable bonds is 8. The first-order valence-corrected chi connectivity index (χ1v) is 12.8. The Balaban J connectivity index is 1.49. The molecule has 14 nitrogen and oxygen atoms in total. The molecule has 0 bridgehead atoms. The third kappa shape index (κ3) is 6.77. The molecule has 3 fully saturated rings. The Morgan fingerprint density at radius 1 is 0.590 bits per heavy atom. The van der Waals surface area contributed by atoms with Crippen LogP contribution >= 0.6 is 0 Å². The highest BCUT2D eigenvalue weighted by molar-refractivity contribution is 5.13. The van der Waals surface area contributed by atoms with E-state index in [-0.39, 0.29) is 6.61 Å². The van der Waals surface area contributed by atoms with Crippen molar-refractivity contribution in [3.63, 3.8) is 0 Å². The zero-order valence-electron chi connectivity index (χ0n) is 21.5. The maximum atomic E-state index is 11.0. The second-order valence-corrected chi connectivity index (χ2v) is 10.1. The highest BCUT2D eigenvalue weighted by atomic mass is 16.8. The topological polar surface area (TPSA) is 217 Å². The van der Waals surface area contributed by atoms with Gasteiger partial charge >= 0.3 is 0 Å². The van der Waals surface area contributed by atoms with Crippen molar-refractivity contribution in [3.05, 3.63) is 35.9 Å². The Labute approximate surface area is 224 Å². The van der Waals surface area contributed by atoms with Gasteiger partial charge in [-0.3, -0.25) is 0 Å². The molecule has 0 amide bonds. The van der Waals surface area contributed by atoms with Gasteiger partial charge in [-0.1, -0.05) is 30.3 Å². The predicted octanol–water partition coefficient (Wildman–Crippen LogP) is -3.29. The largest absolute Gasteiger partial charge is 0.388 e. The summed E-state index contributed by atoms with van der Waals surface area (Å²) in [6.07, 6.45) is -21.2. The zero-order valence-corrected chi connectivity index (χ0v) is 21.5. The van der Waals surface area contributed by atoms with Crippen LogP contribution in [0.5, 0.6) is 0 Å². The van der Waals surface area contributed by atoms with E-state index >= 15 is 0 Å². The van der Waals surface area contributed by atoms with Crippen molar-refractivity contribution in [2.24, 2.45) is 0 Å². The third-order valence-electron chi connectivity index (χ3n) is 7.23. The van der Waals surface area contributed by atoms with Gasteiger partial charge in [0.15, 0.2) is 18.9 Å². The standard InChI is InChI=1S/C25H38O14/c1-10-14(26)16(28)19(31)23(36-10)35-9-13-22(39-25-20(32)17(29)15(27)11(2)37-25)18(30)21(33)24(38-13)34-8-12-6-4-3-5-7-12/h3-7,10-11,13-33H,8-9H2,1-2H3/t10-,11-,13+,14-,15-,16+,17+,18+,19+,20+,21-,22+,23+,24-,25-/m0/s1. The molecule has 0 aromatic heterocycles. The Bertz CT molecular complexity index is 893. The molecule has 8 N–H and O–H groups in total. The molecule has 15 atom stereocenters. The van der Waals surface area contributed by atoms with Gasteiger partial charge in [0, 0.05) is 0 Å². The smallest absolute Gasteiger partial charge is 0.187 e. The fourth-order valence-corrected chi connectivity index (χ4v) is 4.72. The zero-order chi connectivity index (χ0) is 28.4. The van der Waals surface area contributed by atoms with Gasteiger partial charge < -0.3 is 69.3 Å². The molecular weight excluding hydrogens is 524 g/mol. The minimum atomic E-state index is -1.70. The minimum absolute atomic E-state index is 0.0342. The Kier molecular flexibility index (Phi) is 10.3. The molecule has 0 spiro atoms. The molecule has 3 aliphatic rings. The van der Waals surface area contributed by atoms with Crippen molar-refractivity contribution in [1.82, 2.24) is 0 Å². The van der Waals surface area contributed by atoms with Gasteiger partial charge in [0.2, 0.25) is 0 Å². The lowest BCUT2D eigenvalue weighted by Crippen LogP contribution is -2.64. The third-order valence-corrected chi connectivity index (χ3v) is 7.23. The summed E-state index contributed by atoms with van der Waals surface area (Å²) in [4.78, 5) is 0. The summed E-state index contributed by atoms with van der Waals surface area (Å²) in [5.41, 5.74) is 0.773. The van der Waals surface area contributed by atoms with Crippen molar-refractivity contribution >= 4 is 0 Å². The van der Waals surface area contributed by atoms with E-state index in [9.17, 15) is 40.9 Å². The number of ether oxygens (including phenoxy) is 6. The van der Waals surface area contributed by atoms with E-state index < -0.39 is 98.7 Å². The van der Waals surface area contributed by atoms with Crippen LogP contribution in [0, 0.1) is 0 Å². The maximum absolute atomic E-state index is 11.0. The van der Waals surface area contributed by atoms with Gasteiger partial charge in [-0.05, 0) is 19.4 Å². The van der Waals surface area contributed by atoms with Gasteiger partial charge in [0.25, 0.3) is 0 Å². The maximum Gasteiger partial charge on any atom is 0.187 e. The predicted molar refractivity (Wildman–Crippen MR) is 127 cm³/mol. The van der Waals surface area contributed by atoms with E-state index in [1.165, 1.54) is 13.8 Å². The van der Waals surface area contributed by atoms with Crippen LogP contribution in [0.2, 0.25) is 0 Å². The van der Waals surface area contributed by atoms with Crippen molar-refractivity contribution < 1.29 is 69.3 Å². The SMILES string of the molecule is C[C@@H]1O[C@@H](OC[C@H]2O[C@H](OCc3ccccc3)[C@@H](O)[C@@H](O)[C@@H]2O[C@@H]2O[C@@H](C)[C@H](O)[C@@H](O)[C@H]2O)[C@H](O)[C@H](O)[C@H]1O. The van der Waals surface area contributed by atoms with E-state index in [1.807, 2.05) is 6.07 Å². The van der Waals surface area contributed by atoms with Gasteiger partial charge in [-0.15, -0.1) is 0 Å². The number of hydrogen-bond donors (Lipinski definition) is 8. The van der Waals surface area contributed by atoms with Crippen LogP contribution in [-0.4, -0.2) is 140 Å². The van der Waals surface area contributed by atoms with Crippen LogP contribution < -0.4 is 0 Å². The van der Waals surface area contributed by atoms with Gasteiger partial charge in [-0.2, -0.15) is 0 Å². The summed E-state index contributed by atoms with van der Waals surface area (Å²) in [6, 6.07) is 9.02. The normalized spacial score (nSPS) is 47.2. The average Bonchev–Trinajstić information content (AvgIpc) is 2.93. The van der Waals surface area contributed by atoms with Gasteiger partial charge in [0.05, 0.1) is 25.4 Å². The number of benzene rings is 1. The number of aliphatic hydroxyl groups is 8. The summed E-state index contributed by atoms with van der Waals surface area (Å²) in [6.45, 7) is 2.54. The van der Waals surface area contributed by atoms with Crippen molar-refractivity contribution in [1.29, 1.82) is 0 Å². The quantitative estimate of drug-likeness (QED) is 0.156. The van der Waals surface area contributed by atoms with Crippen LogP contribution in [0.3, 0.4) is 0 Å².